The van der Waals surface area contributed by atoms with Gasteiger partial charge >= 0.3 is 0 Å². The van der Waals surface area contributed by atoms with Crippen molar-refractivity contribution in [1.82, 2.24) is 0 Å². The van der Waals surface area contributed by atoms with E-state index in [4.69, 9.17) is 21.1 Å². The summed E-state index contributed by atoms with van der Waals surface area (Å²) in [6, 6.07) is 4.34. The third-order valence-electron chi connectivity index (χ3n) is 3.57. The fraction of sp³-hybridized carbons (Fsp3) is 0.500. The summed E-state index contributed by atoms with van der Waals surface area (Å²) in [6.45, 7) is 0.978. The van der Waals surface area contributed by atoms with Gasteiger partial charge in [0.2, 0.25) is 0 Å². The summed E-state index contributed by atoms with van der Waals surface area (Å²) in [6.07, 6.45) is 1.03. The minimum Gasteiger partial charge on any atom is -0.381 e. The number of benzene rings is 1. The van der Waals surface area contributed by atoms with Gasteiger partial charge in [-0.2, -0.15) is 0 Å². The predicted molar refractivity (Wildman–Crippen MR) is 69.9 cm³/mol. The topological polar surface area (TPSA) is 35.5 Å². The SMILES string of the molecule is COC1(C(=O)Cc2ccc(Cl)cc2F)CCOCC1. The highest BCUT2D eigenvalue weighted by Crippen LogP contribution is 2.27. The number of ketones is 1. The average Bonchev–Trinajstić information content (AvgIpc) is 2.42. The van der Waals surface area contributed by atoms with E-state index in [2.05, 4.69) is 0 Å². The van der Waals surface area contributed by atoms with Crippen molar-refractivity contribution in [2.75, 3.05) is 20.3 Å². The van der Waals surface area contributed by atoms with Gasteiger partial charge in [0.15, 0.2) is 5.78 Å². The van der Waals surface area contributed by atoms with Crippen LogP contribution >= 0.6 is 11.6 Å². The van der Waals surface area contributed by atoms with E-state index in [0.717, 1.165) is 0 Å². The molecule has 0 unspecified atom stereocenters. The van der Waals surface area contributed by atoms with Crippen LogP contribution in [0.1, 0.15) is 18.4 Å². The van der Waals surface area contributed by atoms with Crippen molar-refractivity contribution in [1.29, 1.82) is 0 Å². The molecule has 104 valence electrons. The van der Waals surface area contributed by atoms with E-state index in [0.29, 0.717) is 36.6 Å². The molecule has 0 bridgehead atoms. The second-order valence-electron chi connectivity index (χ2n) is 4.65. The normalized spacial score (nSPS) is 18.3. The van der Waals surface area contributed by atoms with Crippen LogP contribution in [0.15, 0.2) is 18.2 Å². The molecule has 0 spiro atoms. The van der Waals surface area contributed by atoms with Gasteiger partial charge in [0.05, 0.1) is 0 Å². The average molecular weight is 287 g/mol. The molecule has 0 aromatic heterocycles. The fourth-order valence-corrected chi connectivity index (χ4v) is 2.46. The lowest BCUT2D eigenvalue weighted by molar-refractivity contribution is -0.152. The zero-order valence-electron chi connectivity index (χ0n) is 10.7. The molecule has 1 aliphatic heterocycles. The van der Waals surface area contributed by atoms with Crippen molar-refractivity contribution in [2.24, 2.45) is 0 Å². The van der Waals surface area contributed by atoms with Crippen LogP contribution in [-0.2, 0) is 20.7 Å². The maximum Gasteiger partial charge on any atom is 0.169 e. The highest BCUT2D eigenvalue weighted by Gasteiger charge is 2.39. The third kappa shape index (κ3) is 3.14. The highest BCUT2D eigenvalue weighted by atomic mass is 35.5. The first-order valence-electron chi connectivity index (χ1n) is 6.17. The molecule has 5 heteroatoms. The van der Waals surface area contributed by atoms with Crippen molar-refractivity contribution in [3.8, 4) is 0 Å². The van der Waals surface area contributed by atoms with Crippen LogP contribution in [0.4, 0.5) is 4.39 Å². The summed E-state index contributed by atoms with van der Waals surface area (Å²) in [5, 5.41) is 0.321. The molecule has 1 heterocycles. The number of hydrogen-bond donors (Lipinski definition) is 0. The molecule has 0 N–H and O–H groups in total. The second-order valence-corrected chi connectivity index (χ2v) is 5.08. The van der Waals surface area contributed by atoms with Gasteiger partial charge in [0.1, 0.15) is 11.4 Å². The zero-order chi connectivity index (χ0) is 13.9. The third-order valence-corrected chi connectivity index (χ3v) is 3.80. The van der Waals surface area contributed by atoms with Gasteiger partial charge in [-0.3, -0.25) is 4.79 Å². The number of carbonyl (C=O) groups excluding carboxylic acids is 1. The van der Waals surface area contributed by atoms with Crippen molar-refractivity contribution >= 4 is 17.4 Å². The minimum atomic E-state index is -0.843. The Labute approximate surface area is 116 Å². The first kappa shape index (κ1) is 14.4. The maximum atomic E-state index is 13.7. The van der Waals surface area contributed by atoms with Gasteiger partial charge < -0.3 is 9.47 Å². The summed E-state index contributed by atoms with van der Waals surface area (Å²) in [5.74, 6) is -0.571. The maximum absolute atomic E-state index is 13.7. The van der Waals surface area contributed by atoms with E-state index >= 15 is 0 Å². The first-order chi connectivity index (χ1) is 9.07. The highest BCUT2D eigenvalue weighted by molar-refractivity contribution is 6.30. The summed E-state index contributed by atoms with van der Waals surface area (Å²) in [4.78, 5) is 12.4. The number of rotatable bonds is 4. The van der Waals surface area contributed by atoms with E-state index < -0.39 is 11.4 Å². The van der Waals surface area contributed by atoms with E-state index in [9.17, 15) is 9.18 Å². The molecule has 19 heavy (non-hydrogen) atoms. The Morgan fingerprint density at radius 2 is 2.16 bits per heavy atom. The lowest BCUT2D eigenvalue weighted by Gasteiger charge is -2.34. The molecular weight excluding hydrogens is 271 g/mol. The molecule has 1 aromatic carbocycles. The molecule has 0 amide bonds. The van der Waals surface area contributed by atoms with Gasteiger partial charge in [0.25, 0.3) is 0 Å². The molecule has 1 saturated heterocycles. The predicted octanol–water partition coefficient (Wildman–Crippen LogP) is 2.79. The van der Waals surface area contributed by atoms with E-state index in [1.54, 1.807) is 6.07 Å². The van der Waals surface area contributed by atoms with Crippen molar-refractivity contribution < 1.29 is 18.7 Å². The largest absolute Gasteiger partial charge is 0.381 e. The van der Waals surface area contributed by atoms with Gasteiger partial charge in [0, 0.05) is 44.6 Å². The monoisotopic (exact) mass is 286 g/mol. The summed E-state index contributed by atoms with van der Waals surface area (Å²) >= 11 is 5.69. The van der Waals surface area contributed by atoms with Crippen molar-refractivity contribution in [3.63, 3.8) is 0 Å². The number of hydrogen-bond acceptors (Lipinski definition) is 3. The van der Waals surface area contributed by atoms with Gasteiger partial charge in [-0.1, -0.05) is 17.7 Å². The van der Waals surface area contributed by atoms with Crippen LogP contribution in [0.5, 0.6) is 0 Å². The Balaban J connectivity index is 2.15. The molecule has 0 aliphatic carbocycles. The zero-order valence-corrected chi connectivity index (χ0v) is 11.5. The molecule has 2 rings (SSSR count). The van der Waals surface area contributed by atoms with Crippen LogP contribution < -0.4 is 0 Å². The van der Waals surface area contributed by atoms with Crippen molar-refractivity contribution in [2.45, 2.75) is 24.9 Å². The Hall–Kier alpha value is -0.970. The molecule has 1 aliphatic rings. The molecule has 3 nitrogen and oxygen atoms in total. The van der Waals surface area contributed by atoms with Gasteiger partial charge in [-0.25, -0.2) is 4.39 Å². The number of halogens is 2. The summed E-state index contributed by atoms with van der Waals surface area (Å²) < 4.78 is 24.3. The summed E-state index contributed by atoms with van der Waals surface area (Å²) in [7, 11) is 1.52. The van der Waals surface area contributed by atoms with Crippen LogP contribution in [0, 0.1) is 5.82 Å². The lowest BCUT2D eigenvalue weighted by Crippen LogP contribution is -2.46. The molecule has 1 aromatic rings. The van der Waals surface area contributed by atoms with Crippen molar-refractivity contribution in [3.05, 3.63) is 34.6 Å². The number of methoxy groups -OCH3 is 1. The Kier molecular flexibility index (Phi) is 4.55. The van der Waals surface area contributed by atoms with Crippen LogP contribution in [0.3, 0.4) is 0 Å². The molecule has 0 saturated carbocycles. The van der Waals surface area contributed by atoms with Crippen LogP contribution in [-0.4, -0.2) is 31.7 Å². The second kappa shape index (κ2) is 5.99. The van der Waals surface area contributed by atoms with Gasteiger partial charge in [-0.15, -0.1) is 0 Å². The smallest absolute Gasteiger partial charge is 0.169 e. The number of carbonyl (C=O) groups is 1. The molecule has 0 atom stereocenters. The van der Waals surface area contributed by atoms with E-state index in [1.807, 2.05) is 0 Å². The van der Waals surface area contributed by atoms with Gasteiger partial charge in [-0.05, 0) is 17.7 Å². The molecule has 0 radical (unpaired) electrons. The number of ether oxygens (including phenoxy) is 2. The summed E-state index contributed by atoms with van der Waals surface area (Å²) in [5.41, 5.74) is -0.498. The van der Waals surface area contributed by atoms with Crippen LogP contribution in [0.2, 0.25) is 5.02 Å². The standard InChI is InChI=1S/C14H16ClFO3/c1-18-14(4-6-19-7-5-14)13(17)8-10-2-3-11(15)9-12(10)16/h2-3,9H,4-8H2,1H3. The Bertz CT molecular complexity index is 470. The lowest BCUT2D eigenvalue weighted by atomic mass is 9.86. The Morgan fingerprint density at radius 1 is 1.47 bits per heavy atom. The van der Waals surface area contributed by atoms with E-state index in [1.165, 1.54) is 19.2 Å². The fourth-order valence-electron chi connectivity index (χ4n) is 2.30. The molecule has 1 fully saturated rings. The van der Waals surface area contributed by atoms with Crippen LogP contribution in [0.25, 0.3) is 0 Å². The minimum absolute atomic E-state index is 0.0108. The quantitative estimate of drug-likeness (QED) is 0.854. The molecular formula is C14H16ClFO3. The Morgan fingerprint density at radius 3 is 2.74 bits per heavy atom. The number of Topliss-reactive ketones (excluding diaryl/α,β-unsaturated/α-hetero) is 1. The first-order valence-corrected chi connectivity index (χ1v) is 6.55. The van der Waals surface area contributed by atoms with E-state index in [-0.39, 0.29) is 12.2 Å².